The van der Waals surface area contributed by atoms with Gasteiger partial charge in [-0.15, -0.1) is 5.10 Å². The minimum absolute atomic E-state index is 0.180. The topological polar surface area (TPSA) is 97.1 Å². The van der Waals surface area contributed by atoms with Crippen molar-refractivity contribution in [2.24, 2.45) is 11.8 Å². The first kappa shape index (κ1) is 14.2. The predicted molar refractivity (Wildman–Crippen MR) is 70.6 cm³/mol. The van der Waals surface area contributed by atoms with Crippen molar-refractivity contribution in [2.45, 2.75) is 25.8 Å². The van der Waals surface area contributed by atoms with E-state index in [2.05, 4.69) is 15.6 Å². The molecule has 1 aliphatic carbocycles. The molecule has 1 aromatic heterocycles. The van der Waals surface area contributed by atoms with Crippen LogP contribution in [0.1, 0.15) is 19.3 Å². The number of carboxylic acid groups (broad SMARTS) is 1. The molecule has 20 heavy (non-hydrogen) atoms. The number of allylic oxidation sites excluding steroid dienone is 2. The van der Waals surface area contributed by atoms with Gasteiger partial charge in [0.1, 0.15) is 0 Å². The SMILES string of the molecule is O=C(O)C1CC=CCC1C(=O)NCCCn1ccnn1. The Balaban J connectivity index is 1.76. The highest BCUT2D eigenvalue weighted by molar-refractivity contribution is 5.85. The van der Waals surface area contributed by atoms with Crippen LogP contribution < -0.4 is 5.32 Å². The van der Waals surface area contributed by atoms with Gasteiger partial charge >= 0.3 is 5.97 Å². The second kappa shape index (κ2) is 6.83. The van der Waals surface area contributed by atoms with Crippen LogP contribution in [0.2, 0.25) is 0 Å². The summed E-state index contributed by atoms with van der Waals surface area (Å²) in [5, 5.41) is 19.4. The van der Waals surface area contributed by atoms with E-state index >= 15 is 0 Å². The Morgan fingerprint density at radius 3 is 2.70 bits per heavy atom. The van der Waals surface area contributed by atoms with Crippen LogP contribution in [-0.2, 0) is 16.1 Å². The molecule has 2 atom stereocenters. The van der Waals surface area contributed by atoms with Gasteiger partial charge in [-0.2, -0.15) is 0 Å². The molecule has 1 amide bonds. The maximum absolute atomic E-state index is 12.0. The van der Waals surface area contributed by atoms with E-state index in [1.54, 1.807) is 17.1 Å². The van der Waals surface area contributed by atoms with Crippen LogP contribution in [0.5, 0.6) is 0 Å². The van der Waals surface area contributed by atoms with Gasteiger partial charge < -0.3 is 10.4 Å². The van der Waals surface area contributed by atoms with Gasteiger partial charge in [-0.3, -0.25) is 14.3 Å². The fourth-order valence-electron chi connectivity index (χ4n) is 2.31. The van der Waals surface area contributed by atoms with Crippen LogP contribution in [-0.4, -0.2) is 38.5 Å². The van der Waals surface area contributed by atoms with Crippen molar-refractivity contribution in [3.8, 4) is 0 Å². The van der Waals surface area contributed by atoms with E-state index in [0.29, 0.717) is 25.9 Å². The molecule has 0 aromatic carbocycles. The zero-order chi connectivity index (χ0) is 14.4. The minimum Gasteiger partial charge on any atom is -0.481 e. The summed E-state index contributed by atoms with van der Waals surface area (Å²) >= 11 is 0. The number of carbonyl (C=O) groups excluding carboxylic acids is 1. The Morgan fingerprint density at radius 1 is 1.30 bits per heavy atom. The number of amides is 1. The summed E-state index contributed by atoms with van der Waals surface area (Å²) in [5.74, 6) is -2.17. The van der Waals surface area contributed by atoms with E-state index in [1.165, 1.54) is 0 Å². The smallest absolute Gasteiger partial charge is 0.307 e. The highest BCUT2D eigenvalue weighted by Gasteiger charge is 2.33. The maximum Gasteiger partial charge on any atom is 0.307 e. The lowest BCUT2D eigenvalue weighted by atomic mass is 9.82. The normalized spacial score (nSPS) is 21.6. The molecule has 0 bridgehead atoms. The fourth-order valence-corrected chi connectivity index (χ4v) is 2.31. The number of aliphatic carboxylic acids is 1. The Hall–Kier alpha value is -2.18. The summed E-state index contributed by atoms with van der Waals surface area (Å²) in [5.41, 5.74) is 0. The molecule has 2 N–H and O–H groups in total. The predicted octanol–water partition coefficient (Wildman–Crippen LogP) is 0.451. The molecule has 108 valence electrons. The van der Waals surface area contributed by atoms with Gasteiger partial charge in [0.25, 0.3) is 0 Å². The first-order chi connectivity index (χ1) is 9.68. The Labute approximate surface area is 116 Å². The van der Waals surface area contributed by atoms with Gasteiger partial charge in [0.15, 0.2) is 0 Å². The van der Waals surface area contributed by atoms with Crippen LogP contribution >= 0.6 is 0 Å². The second-order valence-corrected chi connectivity index (χ2v) is 4.80. The largest absolute Gasteiger partial charge is 0.481 e. The summed E-state index contributed by atoms with van der Waals surface area (Å²) in [6, 6.07) is 0. The zero-order valence-corrected chi connectivity index (χ0v) is 11.1. The molecule has 0 saturated carbocycles. The van der Waals surface area contributed by atoms with Gasteiger partial charge in [-0.25, -0.2) is 0 Å². The molecule has 1 heterocycles. The number of nitrogens with one attached hydrogen (secondary N) is 1. The monoisotopic (exact) mass is 278 g/mol. The summed E-state index contributed by atoms with van der Waals surface area (Å²) in [6.07, 6.45) is 8.71. The molecule has 0 aliphatic heterocycles. The number of carbonyl (C=O) groups is 2. The van der Waals surface area contributed by atoms with E-state index in [-0.39, 0.29) is 5.91 Å². The average Bonchev–Trinajstić information content (AvgIpc) is 2.96. The van der Waals surface area contributed by atoms with Crippen LogP contribution in [0.15, 0.2) is 24.5 Å². The molecule has 0 radical (unpaired) electrons. The van der Waals surface area contributed by atoms with Crippen molar-refractivity contribution < 1.29 is 14.7 Å². The number of rotatable bonds is 6. The average molecular weight is 278 g/mol. The summed E-state index contributed by atoms with van der Waals surface area (Å²) in [7, 11) is 0. The summed E-state index contributed by atoms with van der Waals surface area (Å²) in [6.45, 7) is 1.18. The molecular formula is C13H18N4O3. The number of aromatic nitrogens is 3. The second-order valence-electron chi connectivity index (χ2n) is 4.80. The number of carboxylic acids is 1. The fraction of sp³-hybridized carbons (Fsp3) is 0.538. The van der Waals surface area contributed by atoms with E-state index < -0.39 is 17.8 Å². The molecule has 0 spiro atoms. The molecule has 2 rings (SSSR count). The van der Waals surface area contributed by atoms with Crippen molar-refractivity contribution >= 4 is 11.9 Å². The van der Waals surface area contributed by atoms with Crippen molar-refractivity contribution in [1.82, 2.24) is 20.3 Å². The van der Waals surface area contributed by atoms with Crippen molar-refractivity contribution in [2.75, 3.05) is 6.54 Å². The standard InChI is InChI=1S/C13H18N4O3/c18-12(10-4-1-2-5-11(10)13(19)20)14-6-3-8-17-9-7-15-16-17/h1-2,7,9-11H,3-6,8H2,(H,14,18)(H,19,20). The van der Waals surface area contributed by atoms with Crippen molar-refractivity contribution in [3.05, 3.63) is 24.5 Å². The van der Waals surface area contributed by atoms with E-state index in [1.807, 2.05) is 12.2 Å². The quantitative estimate of drug-likeness (QED) is 0.581. The molecule has 0 saturated heterocycles. The van der Waals surface area contributed by atoms with Gasteiger partial charge in [-0.05, 0) is 19.3 Å². The molecule has 7 nitrogen and oxygen atoms in total. The Bertz CT molecular complexity index is 484. The summed E-state index contributed by atoms with van der Waals surface area (Å²) in [4.78, 5) is 23.2. The van der Waals surface area contributed by atoms with Gasteiger partial charge in [0.05, 0.1) is 18.0 Å². The highest BCUT2D eigenvalue weighted by Crippen LogP contribution is 2.25. The Kier molecular flexibility index (Phi) is 4.86. The minimum atomic E-state index is -0.905. The lowest BCUT2D eigenvalue weighted by molar-refractivity contribution is -0.147. The van der Waals surface area contributed by atoms with Gasteiger partial charge in [0, 0.05) is 19.3 Å². The van der Waals surface area contributed by atoms with Crippen LogP contribution in [0.4, 0.5) is 0 Å². The Morgan fingerprint density at radius 2 is 2.05 bits per heavy atom. The highest BCUT2D eigenvalue weighted by atomic mass is 16.4. The lowest BCUT2D eigenvalue weighted by Gasteiger charge is -2.24. The van der Waals surface area contributed by atoms with Crippen LogP contribution in [0.25, 0.3) is 0 Å². The first-order valence-electron chi connectivity index (χ1n) is 6.68. The van der Waals surface area contributed by atoms with Crippen molar-refractivity contribution in [1.29, 1.82) is 0 Å². The number of aryl methyl sites for hydroxylation is 1. The molecule has 2 unspecified atom stereocenters. The molecule has 7 heteroatoms. The third-order valence-corrected chi connectivity index (χ3v) is 3.42. The number of hydrogen-bond acceptors (Lipinski definition) is 4. The lowest BCUT2D eigenvalue weighted by Crippen LogP contribution is -2.39. The van der Waals surface area contributed by atoms with E-state index in [9.17, 15) is 9.59 Å². The number of nitrogens with zero attached hydrogens (tertiary/aromatic N) is 3. The van der Waals surface area contributed by atoms with Crippen LogP contribution in [0, 0.1) is 11.8 Å². The first-order valence-corrected chi connectivity index (χ1v) is 6.68. The van der Waals surface area contributed by atoms with Crippen LogP contribution in [0.3, 0.4) is 0 Å². The zero-order valence-electron chi connectivity index (χ0n) is 11.1. The van der Waals surface area contributed by atoms with Crippen molar-refractivity contribution in [3.63, 3.8) is 0 Å². The maximum atomic E-state index is 12.0. The molecule has 1 aliphatic rings. The summed E-state index contributed by atoms with van der Waals surface area (Å²) < 4.78 is 1.69. The van der Waals surface area contributed by atoms with Gasteiger partial charge in [0.2, 0.25) is 5.91 Å². The van der Waals surface area contributed by atoms with E-state index in [0.717, 1.165) is 6.42 Å². The van der Waals surface area contributed by atoms with Gasteiger partial charge in [-0.1, -0.05) is 17.4 Å². The van der Waals surface area contributed by atoms with E-state index in [4.69, 9.17) is 5.11 Å². The molecule has 1 aromatic rings. The third kappa shape index (κ3) is 3.66. The molecular weight excluding hydrogens is 260 g/mol. The third-order valence-electron chi connectivity index (χ3n) is 3.42. The number of hydrogen-bond donors (Lipinski definition) is 2. The molecule has 0 fully saturated rings.